The van der Waals surface area contributed by atoms with Crippen molar-refractivity contribution in [3.63, 3.8) is 0 Å². The maximum atomic E-state index is 12.8. The lowest BCUT2D eigenvalue weighted by molar-refractivity contribution is 0.0698. The molecule has 0 atom stereocenters. The number of hydrogen-bond acceptors (Lipinski definition) is 2. The number of methoxy groups -OCH3 is 1. The van der Waals surface area contributed by atoms with Gasteiger partial charge in [0.15, 0.2) is 0 Å². The SMILES string of the molecule is COc1ccc2[nH][c]c(C(=O)N(C)C3CCCCC3)c2c1. The van der Waals surface area contributed by atoms with Gasteiger partial charge in [0, 0.05) is 24.0 Å². The molecule has 0 bridgehead atoms. The summed E-state index contributed by atoms with van der Waals surface area (Å²) >= 11 is 0. The highest BCUT2D eigenvalue weighted by Gasteiger charge is 2.25. The van der Waals surface area contributed by atoms with Gasteiger partial charge in [-0.2, -0.15) is 0 Å². The van der Waals surface area contributed by atoms with Gasteiger partial charge in [0.1, 0.15) is 5.75 Å². The Hall–Kier alpha value is -1.97. The van der Waals surface area contributed by atoms with Crippen LogP contribution in [-0.4, -0.2) is 36.0 Å². The predicted octanol–water partition coefficient (Wildman–Crippen LogP) is 3.38. The third kappa shape index (κ3) is 2.62. The van der Waals surface area contributed by atoms with Crippen molar-refractivity contribution in [2.75, 3.05) is 14.2 Å². The van der Waals surface area contributed by atoms with Crippen LogP contribution in [0.5, 0.6) is 5.75 Å². The van der Waals surface area contributed by atoms with E-state index in [9.17, 15) is 4.79 Å². The zero-order valence-electron chi connectivity index (χ0n) is 12.6. The molecule has 21 heavy (non-hydrogen) atoms. The second-order valence-corrected chi connectivity index (χ2v) is 5.74. The van der Waals surface area contributed by atoms with E-state index < -0.39 is 0 Å². The van der Waals surface area contributed by atoms with E-state index in [1.54, 1.807) is 7.11 Å². The normalized spacial score (nSPS) is 16.1. The van der Waals surface area contributed by atoms with Crippen LogP contribution in [0.1, 0.15) is 42.5 Å². The largest absolute Gasteiger partial charge is 0.497 e. The van der Waals surface area contributed by atoms with Crippen molar-refractivity contribution in [3.05, 3.63) is 30.0 Å². The van der Waals surface area contributed by atoms with Crippen molar-refractivity contribution in [2.24, 2.45) is 0 Å². The van der Waals surface area contributed by atoms with Gasteiger partial charge in [-0.3, -0.25) is 4.79 Å². The summed E-state index contributed by atoms with van der Waals surface area (Å²) in [5.74, 6) is 0.797. The van der Waals surface area contributed by atoms with E-state index in [0.29, 0.717) is 11.6 Å². The zero-order valence-corrected chi connectivity index (χ0v) is 12.6. The lowest BCUT2D eigenvalue weighted by atomic mass is 9.94. The van der Waals surface area contributed by atoms with E-state index in [-0.39, 0.29) is 5.91 Å². The minimum atomic E-state index is 0.0430. The van der Waals surface area contributed by atoms with Gasteiger partial charge in [-0.1, -0.05) is 19.3 Å². The summed E-state index contributed by atoms with van der Waals surface area (Å²) in [5, 5.41) is 0.877. The fraction of sp³-hybridized carbons (Fsp3) is 0.471. The summed E-state index contributed by atoms with van der Waals surface area (Å²) < 4.78 is 5.25. The average molecular weight is 285 g/mol. The minimum absolute atomic E-state index is 0.0430. The van der Waals surface area contributed by atoms with E-state index in [4.69, 9.17) is 4.74 Å². The Morgan fingerprint density at radius 1 is 1.33 bits per heavy atom. The number of rotatable bonds is 3. The molecule has 1 aliphatic carbocycles. The van der Waals surface area contributed by atoms with E-state index in [2.05, 4.69) is 11.2 Å². The van der Waals surface area contributed by atoms with Gasteiger partial charge in [-0.05, 0) is 31.0 Å². The summed E-state index contributed by atoms with van der Waals surface area (Å²) in [6.45, 7) is 0. The van der Waals surface area contributed by atoms with Crippen molar-refractivity contribution < 1.29 is 9.53 Å². The topological polar surface area (TPSA) is 45.3 Å². The molecular formula is C17H21N2O2. The number of H-pyrrole nitrogens is 1. The van der Waals surface area contributed by atoms with Gasteiger partial charge in [0.2, 0.25) is 0 Å². The predicted molar refractivity (Wildman–Crippen MR) is 82.7 cm³/mol. The van der Waals surface area contributed by atoms with Gasteiger partial charge < -0.3 is 14.6 Å². The number of carbonyl (C=O) groups excluding carboxylic acids is 1. The molecule has 0 unspecified atom stereocenters. The van der Waals surface area contributed by atoms with Crippen molar-refractivity contribution in [2.45, 2.75) is 38.1 Å². The lowest BCUT2D eigenvalue weighted by Crippen LogP contribution is -2.38. The summed E-state index contributed by atoms with van der Waals surface area (Å²) in [7, 11) is 3.54. The molecule has 1 amide bonds. The molecule has 1 fully saturated rings. The molecule has 3 rings (SSSR count). The number of carbonyl (C=O) groups is 1. The maximum Gasteiger partial charge on any atom is 0.256 e. The fourth-order valence-electron chi connectivity index (χ4n) is 3.14. The first kappa shape index (κ1) is 14.0. The molecule has 111 valence electrons. The summed E-state index contributed by atoms with van der Waals surface area (Å²) in [6, 6.07) is 6.05. The van der Waals surface area contributed by atoms with Crippen molar-refractivity contribution >= 4 is 16.8 Å². The van der Waals surface area contributed by atoms with Crippen LogP contribution < -0.4 is 4.74 Å². The van der Waals surface area contributed by atoms with Gasteiger partial charge >= 0.3 is 0 Å². The van der Waals surface area contributed by atoms with E-state index in [1.165, 1.54) is 19.3 Å². The number of fused-ring (bicyclic) bond motifs is 1. The highest BCUT2D eigenvalue weighted by molar-refractivity contribution is 6.06. The molecule has 1 radical (unpaired) electrons. The molecule has 1 aliphatic rings. The molecule has 1 heterocycles. The molecule has 4 heteroatoms. The summed E-state index contributed by atoms with van der Waals surface area (Å²) in [5.41, 5.74) is 1.52. The van der Waals surface area contributed by atoms with Crippen molar-refractivity contribution in [1.82, 2.24) is 9.88 Å². The molecule has 1 aromatic heterocycles. The first-order valence-electron chi connectivity index (χ1n) is 7.55. The van der Waals surface area contributed by atoms with Crippen molar-refractivity contribution in [1.29, 1.82) is 0 Å². The van der Waals surface area contributed by atoms with E-state index in [0.717, 1.165) is 29.5 Å². The van der Waals surface area contributed by atoms with Crippen LogP contribution in [0.3, 0.4) is 0 Å². The van der Waals surface area contributed by atoms with Gasteiger partial charge in [0.05, 0.1) is 18.9 Å². The molecule has 1 saturated carbocycles. The monoisotopic (exact) mass is 285 g/mol. The second-order valence-electron chi connectivity index (χ2n) is 5.74. The first-order chi connectivity index (χ1) is 10.2. The number of amides is 1. The van der Waals surface area contributed by atoms with Crippen molar-refractivity contribution in [3.8, 4) is 5.75 Å². The van der Waals surface area contributed by atoms with Gasteiger partial charge in [-0.15, -0.1) is 0 Å². The van der Waals surface area contributed by atoms with Crippen LogP contribution in [0.2, 0.25) is 0 Å². The first-order valence-corrected chi connectivity index (χ1v) is 7.55. The minimum Gasteiger partial charge on any atom is -0.497 e. The Balaban J connectivity index is 1.89. The third-order valence-corrected chi connectivity index (χ3v) is 4.47. The molecule has 0 aliphatic heterocycles. The Bertz CT molecular complexity index is 641. The quantitative estimate of drug-likeness (QED) is 0.939. The fourth-order valence-corrected chi connectivity index (χ4v) is 3.14. The molecule has 0 saturated heterocycles. The highest BCUT2D eigenvalue weighted by atomic mass is 16.5. The van der Waals surface area contributed by atoms with Crippen LogP contribution in [0.15, 0.2) is 18.2 Å². The Morgan fingerprint density at radius 3 is 2.81 bits per heavy atom. The molecule has 1 N–H and O–H groups in total. The summed E-state index contributed by atoms with van der Waals surface area (Å²) in [4.78, 5) is 17.7. The number of benzene rings is 1. The van der Waals surface area contributed by atoms with Crippen LogP contribution >= 0.6 is 0 Å². The van der Waals surface area contributed by atoms with Crippen LogP contribution in [-0.2, 0) is 0 Å². The Labute approximate surface area is 125 Å². The van der Waals surface area contributed by atoms with Crippen LogP contribution in [0.25, 0.3) is 10.9 Å². The molecule has 0 spiro atoms. The molecule has 4 nitrogen and oxygen atoms in total. The standard InChI is InChI=1S/C17H21N2O2/c1-19(12-6-4-3-5-7-12)17(20)15-11-18-16-9-8-13(21-2)10-14(15)16/h8-10,12,18H,3-7H2,1-2H3. The third-order valence-electron chi connectivity index (χ3n) is 4.47. The Kier molecular flexibility index (Phi) is 3.86. The maximum absolute atomic E-state index is 12.8. The van der Waals surface area contributed by atoms with Crippen LogP contribution in [0, 0.1) is 6.20 Å². The zero-order chi connectivity index (χ0) is 14.8. The number of hydrogen-bond donors (Lipinski definition) is 1. The number of aromatic amines is 1. The summed E-state index contributed by atoms with van der Waals surface area (Å²) in [6.07, 6.45) is 8.94. The molecular weight excluding hydrogens is 264 g/mol. The van der Waals surface area contributed by atoms with Gasteiger partial charge in [-0.25, -0.2) is 0 Å². The van der Waals surface area contributed by atoms with Gasteiger partial charge in [0.25, 0.3) is 5.91 Å². The lowest BCUT2D eigenvalue weighted by Gasteiger charge is -2.31. The number of nitrogens with one attached hydrogen (secondary N) is 1. The van der Waals surface area contributed by atoms with Crippen LogP contribution in [0.4, 0.5) is 0 Å². The average Bonchev–Trinajstić information content (AvgIpc) is 2.97. The number of ether oxygens (including phenoxy) is 1. The Morgan fingerprint density at radius 2 is 2.10 bits per heavy atom. The highest BCUT2D eigenvalue weighted by Crippen LogP contribution is 2.27. The molecule has 1 aromatic carbocycles. The van der Waals surface area contributed by atoms with E-state index >= 15 is 0 Å². The van der Waals surface area contributed by atoms with E-state index in [1.807, 2.05) is 30.1 Å². The second kappa shape index (κ2) is 5.80. The smallest absolute Gasteiger partial charge is 0.256 e. The number of nitrogens with zero attached hydrogens (tertiary/aromatic N) is 1. The molecule has 2 aromatic rings. The number of aromatic nitrogens is 1.